The minimum absolute atomic E-state index is 0. The molecular weight excluding hydrogens is 420 g/mol. The number of nitrogens with zero attached hydrogens (tertiary/aromatic N) is 3. The van der Waals surface area contributed by atoms with Crippen LogP contribution in [0.25, 0.3) is 10.2 Å². The van der Waals surface area contributed by atoms with Crippen LogP contribution in [-0.2, 0) is 13.0 Å². The summed E-state index contributed by atoms with van der Waals surface area (Å²) in [6.07, 6.45) is 2.32. The van der Waals surface area contributed by atoms with Gasteiger partial charge < -0.3 is 11.1 Å². The molecule has 3 heterocycles. The summed E-state index contributed by atoms with van der Waals surface area (Å²) in [6.45, 7) is 4.18. The number of pyridine rings is 1. The highest BCUT2D eigenvalue weighted by Gasteiger charge is 2.17. The predicted molar refractivity (Wildman–Crippen MR) is 111 cm³/mol. The van der Waals surface area contributed by atoms with Gasteiger partial charge in [0, 0.05) is 17.1 Å². The summed E-state index contributed by atoms with van der Waals surface area (Å²) in [6, 6.07) is 2.99. The summed E-state index contributed by atoms with van der Waals surface area (Å²) in [5.41, 5.74) is 8.10. The molecule has 0 spiro atoms. The molecule has 0 bridgehead atoms. The van der Waals surface area contributed by atoms with Crippen molar-refractivity contribution in [3.63, 3.8) is 0 Å². The number of anilines is 1. The van der Waals surface area contributed by atoms with Crippen LogP contribution in [0.15, 0.2) is 18.3 Å². The minimum Gasteiger partial charge on any atom is -0.363 e. The lowest BCUT2D eigenvalue weighted by Gasteiger charge is -2.07. The second-order valence-corrected chi connectivity index (χ2v) is 7.08. The predicted octanol–water partition coefficient (Wildman–Crippen LogP) is 4.53. The Hall–Kier alpha value is -1.25. The SMILES string of the molecule is Cc1c(CC(C)N)sc2c(NCc3ncccc3F)nc(Cl)nc12.Cl.Cl. The van der Waals surface area contributed by atoms with E-state index in [-0.39, 0.29) is 48.5 Å². The fourth-order valence-electron chi connectivity index (χ4n) is 2.43. The number of aryl methyl sites for hydroxylation is 1. The van der Waals surface area contributed by atoms with E-state index < -0.39 is 0 Å². The number of halogens is 4. The van der Waals surface area contributed by atoms with Gasteiger partial charge in [0.2, 0.25) is 5.28 Å². The standard InChI is InChI=1S/C16H17ClFN5S.2ClH/c1-8(19)6-12-9(2)13-14(24-12)15(23-16(17)22-13)21-7-11-10(18)4-3-5-20-11;;/h3-5,8H,6-7,19H2,1-2H3,(H,21,22,23);2*1H. The highest BCUT2D eigenvalue weighted by molar-refractivity contribution is 7.19. The highest BCUT2D eigenvalue weighted by atomic mass is 35.5. The number of hydrogen-bond acceptors (Lipinski definition) is 6. The lowest BCUT2D eigenvalue weighted by Crippen LogP contribution is -2.17. The Bertz CT molecular complexity index is 888. The molecule has 0 radical (unpaired) electrons. The Morgan fingerprint density at radius 2 is 2.08 bits per heavy atom. The van der Waals surface area contributed by atoms with Gasteiger partial charge in [-0.15, -0.1) is 36.2 Å². The average Bonchev–Trinajstić information content (AvgIpc) is 2.82. The van der Waals surface area contributed by atoms with Crippen molar-refractivity contribution in [2.75, 3.05) is 5.32 Å². The van der Waals surface area contributed by atoms with E-state index in [2.05, 4.69) is 20.3 Å². The third-order valence-electron chi connectivity index (χ3n) is 3.60. The molecule has 3 aromatic heterocycles. The van der Waals surface area contributed by atoms with Gasteiger partial charge in [-0.25, -0.2) is 9.37 Å². The van der Waals surface area contributed by atoms with E-state index in [1.807, 2.05) is 13.8 Å². The van der Waals surface area contributed by atoms with E-state index in [1.54, 1.807) is 23.6 Å². The molecule has 1 atom stereocenters. The summed E-state index contributed by atoms with van der Waals surface area (Å²) in [4.78, 5) is 13.8. The van der Waals surface area contributed by atoms with Crippen molar-refractivity contribution >= 4 is 63.8 Å². The lowest BCUT2D eigenvalue weighted by atomic mass is 10.1. The van der Waals surface area contributed by atoms with E-state index in [0.29, 0.717) is 11.5 Å². The van der Waals surface area contributed by atoms with E-state index >= 15 is 0 Å². The molecule has 26 heavy (non-hydrogen) atoms. The van der Waals surface area contributed by atoms with E-state index in [1.165, 1.54) is 6.07 Å². The number of fused-ring (bicyclic) bond motifs is 1. The summed E-state index contributed by atoms with van der Waals surface area (Å²) in [7, 11) is 0. The second kappa shape index (κ2) is 9.62. The summed E-state index contributed by atoms with van der Waals surface area (Å²) >= 11 is 7.64. The second-order valence-electron chi connectivity index (χ2n) is 5.64. The highest BCUT2D eigenvalue weighted by Crippen LogP contribution is 2.35. The number of hydrogen-bond donors (Lipinski definition) is 2. The molecule has 0 amide bonds. The van der Waals surface area contributed by atoms with Gasteiger partial charge in [-0.3, -0.25) is 4.98 Å². The summed E-state index contributed by atoms with van der Waals surface area (Å²) < 4.78 is 14.6. The lowest BCUT2D eigenvalue weighted by molar-refractivity contribution is 0.602. The zero-order valence-corrected chi connectivity index (χ0v) is 17.3. The van der Waals surface area contributed by atoms with Crippen LogP contribution >= 0.6 is 47.8 Å². The van der Waals surface area contributed by atoms with Crippen molar-refractivity contribution in [2.24, 2.45) is 5.73 Å². The molecule has 3 N–H and O–H groups in total. The molecule has 0 aromatic carbocycles. The fraction of sp³-hybridized carbons (Fsp3) is 0.312. The van der Waals surface area contributed by atoms with Crippen molar-refractivity contribution in [3.8, 4) is 0 Å². The first kappa shape index (κ1) is 22.8. The topological polar surface area (TPSA) is 76.7 Å². The minimum atomic E-state index is -0.360. The Morgan fingerprint density at radius 3 is 2.73 bits per heavy atom. The van der Waals surface area contributed by atoms with E-state index in [4.69, 9.17) is 17.3 Å². The Morgan fingerprint density at radius 1 is 1.35 bits per heavy atom. The van der Waals surface area contributed by atoms with Gasteiger partial charge in [0.25, 0.3) is 0 Å². The van der Waals surface area contributed by atoms with E-state index in [9.17, 15) is 4.39 Å². The van der Waals surface area contributed by atoms with Crippen LogP contribution in [0.2, 0.25) is 5.28 Å². The Balaban J connectivity index is 0.00000169. The van der Waals surface area contributed by atoms with Crippen molar-refractivity contribution in [3.05, 3.63) is 45.6 Å². The van der Waals surface area contributed by atoms with Crippen molar-refractivity contribution in [1.29, 1.82) is 0 Å². The maximum atomic E-state index is 13.7. The largest absolute Gasteiger partial charge is 0.363 e. The zero-order chi connectivity index (χ0) is 17.3. The first-order valence-electron chi connectivity index (χ1n) is 7.50. The fourth-order valence-corrected chi connectivity index (χ4v) is 3.95. The third kappa shape index (κ3) is 4.92. The summed E-state index contributed by atoms with van der Waals surface area (Å²) in [5.74, 6) is 0.223. The van der Waals surface area contributed by atoms with Crippen molar-refractivity contribution in [2.45, 2.75) is 32.9 Å². The molecule has 0 aliphatic carbocycles. The van der Waals surface area contributed by atoms with Gasteiger partial charge in [-0.05, 0) is 49.6 Å². The monoisotopic (exact) mass is 437 g/mol. The molecule has 10 heteroatoms. The molecule has 0 saturated carbocycles. The third-order valence-corrected chi connectivity index (χ3v) is 5.08. The number of nitrogens with two attached hydrogens (primary N) is 1. The van der Waals surface area contributed by atoms with Crippen molar-refractivity contribution < 1.29 is 4.39 Å². The van der Waals surface area contributed by atoms with Crippen LogP contribution < -0.4 is 11.1 Å². The molecule has 0 saturated heterocycles. The van der Waals surface area contributed by atoms with Gasteiger partial charge in [0.15, 0.2) is 0 Å². The van der Waals surface area contributed by atoms with E-state index in [0.717, 1.165) is 27.1 Å². The molecule has 3 rings (SSSR count). The molecule has 3 aromatic rings. The smallest absolute Gasteiger partial charge is 0.224 e. The van der Waals surface area contributed by atoms with Crippen LogP contribution in [0.4, 0.5) is 10.2 Å². The number of thiophene rings is 1. The van der Waals surface area contributed by atoms with Crippen LogP contribution in [-0.4, -0.2) is 21.0 Å². The van der Waals surface area contributed by atoms with Crippen molar-refractivity contribution in [1.82, 2.24) is 15.0 Å². The quantitative estimate of drug-likeness (QED) is 0.572. The van der Waals surface area contributed by atoms with Crippen LogP contribution in [0.5, 0.6) is 0 Å². The zero-order valence-electron chi connectivity index (χ0n) is 14.1. The molecule has 1 unspecified atom stereocenters. The normalized spacial score (nSPS) is 11.6. The molecule has 0 aliphatic rings. The molecule has 0 aliphatic heterocycles. The molecular formula is C16H19Cl3FN5S. The number of rotatable bonds is 5. The number of aromatic nitrogens is 3. The van der Waals surface area contributed by atoms with Gasteiger partial charge in [0.05, 0.1) is 22.5 Å². The maximum Gasteiger partial charge on any atom is 0.224 e. The van der Waals surface area contributed by atoms with Gasteiger partial charge in [0.1, 0.15) is 11.6 Å². The number of nitrogens with one attached hydrogen (secondary N) is 1. The molecule has 5 nitrogen and oxygen atoms in total. The first-order chi connectivity index (χ1) is 11.5. The Kier molecular flexibility index (Phi) is 8.43. The van der Waals surface area contributed by atoms with Gasteiger partial charge in [-0.2, -0.15) is 4.98 Å². The molecule has 142 valence electrons. The van der Waals surface area contributed by atoms with Crippen LogP contribution in [0, 0.1) is 12.7 Å². The Labute approximate surface area is 172 Å². The average molecular weight is 439 g/mol. The summed E-state index contributed by atoms with van der Waals surface area (Å²) in [5, 5.41) is 3.27. The molecule has 0 fully saturated rings. The first-order valence-corrected chi connectivity index (χ1v) is 8.69. The van der Waals surface area contributed by atoms with Gasteiger partial charge >= 0.3 is 0 Å². The maximum absolute atomic E-state index is 13.7. The van der Waals surface area contributed by atoms with Crippen LogP contribution in [0.3, 0.4) is 0 Å². The van der Waals surface area contributed by atoms with Crippen LogP contribution in [0.1, 0.15) is 23.1 Å². The van der Waals surface area contributed by atoms with Gasteiger partial charge in [-0.1, -0.05) is 0 Å².